The van der Waals surface area contributed by atoms with Gasteiger partial charge in [0.15, 0.2) is 0 Å². The molecule has 1 amide bonds. The molecule has 2 saturated heterocycles. The summed E-state index contributed by atoms with van der Waals surface area (Å²) in [6, 6.07) is 6.21. The summed E-state index contributed by atoms with van der Waals surface area (Å²) in [6.45, 7) is 5.87. The van der Waals surface area contributed by atoms with Gasteiger partial charge < -0.3 is 19.1 Å². The highest BCUT2D eigenvalue weighted by Gasteiger charge is 2.36. The van der Waals surface area contributed by atoms with E-state index in [2.05, 4.69) is 0 Å². The number of carbonyl (C=O) groups excluding carboxylic acids is 2. The van der Waals surface area contributed by atoms with Gasteiger partial charge in [0.05, 0.1) is 24.0 Å². The largest absolute Gasteiger partial charge is 0.490 e. The van der Waals surface area contributed by atoms with Crippen molar-refractivity contribution < 1.29 is 32.2 Å². The van der Waals surface area contributed by atoms with Crippen molar-refractivity contribution in [3.8, 4) is 5.75 Å². The second-order valence-corrected chi connectivity index (χ2v) is 9.48. The number of hydrogen-bond donors (Lipinski definition) is 0. The molecular formula is C20H28N2O7S. The van der Waals surface area contributed by atoms with Gasteiger partial charge in [-0.2, -0.15) is 4.31 Å². The lowest BCUT2D eigenvalue weighted by molar-refractivity contribution is -0.149. The Labute approximate surface area is 176 Å². The van der Waals surface area contributed by atoms with Crippen molar-refractivity contribution in [3.63, 3.8) is 0 Å². The monoisotopic (exact) mass is 440 g/mol. The maximum Gasteiger partial charge on any atom is 0.311 e. The minimum Gasteiger partial charge on any atom is -0.490 e. The van der Waals surface area contributed by atoms with Crippen molar-refractivity contribution in [2.45, 2.75) is 31.2 Å². The summed E-state index contributed by atoms with van der Waals surface area (Å²) in [4.78, 5) is 25.9. The van der Waals surface area contributed by atoms with Crippen molar-refractivity contribution >= 4 is 21.9 Å². The number of hydrogen-bond acceptors (Lipinski definition) is 7. The van der Waals surface area contributed by atoms with Crippen LogP contribution in [0.2, 0.25) is 0 Å². The number of benzene rings is 1. The molecule has 0 radical (unpaired) electrons. The molecule has 1 unspecified atom stereocenters. The molecule has 1 aromatic rings. The predicted octanol–water partition coefficient (Wildman–Crippen LogP) is 0.886. The van der Waals surface area contributed by atoms with Crippen LogP contribution in [0.3, 0.4) is 0 Å². The van der Waals surface area contributed by atoms with Gasteiger partial charge in [0, 0.05) is 32.1 Å². The normalized spacial score (nSPS) is 20.6. The molecule has 166 valence electrons. The maximum atomic E-state index is 12.6. The van der Waals surface area contributed by atoms with Gasteiger partial charge in [0.1, 0.15) is 19.0 Å². The van der Waals surface area contributed by atoms with Crippen LogP contribution in [0.1, 0.15) is 20.3 Å². The average molecular weight is 441 g/mol. The summed E-state index contributed by atoms with van der Waals surface area (Å²) >= 11 is 0. The smallest absolute Gasteiger partial charge is 0.311 e. The Kier molecular flexibility index (Phi) is 7.32. The van der Waals surface area contributed by atoms with E-state index in [1.54, 1.807) is 17.0 Å². The topological polar surface area (TPSA) is 102 Å². The Morgan fingerprint density at radius 2 is 1.83 bits per heavy atom. The molecular weight excluding hydrogens is 412 g/mol. The molecule has 2 aliphatic rings. The zero-order chi connectivity index (χ0) is 21.7. The van der Waals surface area contributed by atoms with Gasteiger partial charge in [-0.25, -0.2) is 8.42 Å². The van der Waals surface area contributed by atoms with Crippen molar-refractivity contribution in [1.82, 2.24) is 9.21 Å². The van der Waals surface area contributed by atoms with E-state index in [-0.39, 0.29) is 36.5 Å². The van der Waals surface area contributed by atoms with Gasteiger partial charge in [-0.05, 0) is 38.1 Å². The molecule has 10 heteroatoms. The number of rotatable bonds is 8. The number of morpholine rings is 1. The molecule has 9 nitrogen and oxygen atoms in total. The first-order valence-corrected chi connectivity index (χ1v) is 11.5. The number of ether oxygens (including phenoxy) is 3. The molecule has 0 aromatic heterocycles. The van der Waals surface area contributed by atoms with Gasteiger partial charge in [0.2, 0.25) is 15.9 Å². The highest BCUT2D eigenvalue weighted by molar-refractivity contribution is 7.89. The Bertz CT molecular complexity index is 848. The zero-order valence-corrected chi connectivity index (χ0v) is 18.1. The van der Waals surface area contributed by atoms with Crippen LogP contribution in [0, 0.1) is 5.92 Å². The first kappa shape index (κ1) is 22.5. The minimum atomic E-state index is -3.54. The molecule has 0 saturated carbocycles. The van der Waals surface area contributed by atoms with E-state index in [0.717, 1.165) is 0 Å². The number of carbonyl (C=O) groups is 2. The van der Waals surface area contributed by atoms with Crippen LogP contribution in [-0.4, -0.2) is 81.6 Å². The highest BCUT2D eigenvalue weighted by atomic mass is 32.2. The van der Waals surface area contributed by atoms with Crippen molar-refractivity contribution in [1.29, 1.82) is 0 Å². The van der Waals surface area contributed by atoms with E-state index in [1.165, 1.54) is 16.4 Å². The first-order chi connectivity index (χ1) is 14.3. The Morgan fingerprint density at radius 3 is 2.43 bits per heavy atom. The van der Waals surface area contributed by atoms with E-state index in [0.29, 0.717) is 38.6 Å². The second-order valence-electron chi connectivity index (χ2n) is 7.54. The Hall–Kier alpha value is -2.17. The average Bonchev–Trinajstić information content (AvgIpc) is 3.14. The maximum absolute atomic E-state index is 12.6. The quantitative estimate of drug-likeness (QED) is 0.437. The fraction of sp³-hybridized carbons (Fsp3) is 0.600. The van der Waals surface area contributed by atoms with E-state index in [9.17, 15) is 18.0 Å². The fourth-order valence-electron chi connectivity index (χ4n) is 3.45. The van der Waals surface area contributed by atoms with Crippen LogP contribution >= 0.6 is 0 Å². The predicted molar refractivity (Wildman–Crippen MR) is 107 cm³/mol. The van der Waals surface area contributed by atoms with Crippen LogP contribution in [0.15, 0.2) is 29.2 Å². The van der Waals surface area contributed by atoms with Gasteiger partial charge in [-0.15, -0.1) is 0 Å². The van der Waals surface area contributed by atoms with Crippen LogP contribution in [-0.2, 0) is 29.1 Å². The zero-order valence-electron chi connectivity index (χ0n) is 17.3. The van der Waals surface area contributed by atoms with Gasteiger partial charge in [0.25, 0.3) is 0 Å². The van der Waals surface area contributed by atoms with Gasteiger partial charge >= 0.3 is 5.97 Å². The standard InChI is InChI=1S/C20H28N2O7S/c1-15(2)22-14-16(13-19(22)23)20(24)29-12-11-28-17-3-5-18(6-4-17)30(25,26)21-7-9-27-10-8-21/h3-6,15-16H,7-14H2,1-2H3. The highest BCUT2D eigenvalue weighted by Crippen LogP contribution is 2.22. The number of nitrogens with zero attached hydrogens (tertiary/aromatic N) is 2. The summed E-state index contributed by atoms with van der Waals surface area (Å²) < 4.78 is 42.5. The number of likely N-dealkylation sites (tertiary alicyclic amines) is 1. The summed E-state index contributed by atoms with van der Waals surface area (Å²) in [5.74, 6) is -0.393. The van der Waals surface area contributed by atoms with Crippen LogP contribution in [0.25, 0.3) is 0 Å². The molecule has 2 aliphatic heterocycles. The molecule has 2 fully saturated rings. The van der Waals surface area contributed by atoms with Gasteiger partial charge in [-0.1, -0.05) is 0 Å². The summed E-state index contributed by atoms with van der Waals surface area (Å²) in [7, 11) is -3.54. The first-order valence-electron chi connectivity index (χ1n) is 10.1. The Morgan fingerprint density at radius 1 is 1.17 bits per heavy atom. The number of amides is 1. The van der Waals surface area contributed by atoms with E-state index >= 15 is 0 Å². The SMILES string of the molecule is CC(C)N1CC(C(=O)OCCOc2ccc(S(=O)(=O)N3CCOCC3)cc2)CC1=O. The lowest BCUT2D eigenvalue weighted by atomic mass is 10.1. The number of esters is 1. The van der Waals surface area contributed by atoms with Crippen molar-refractivity contribution in [2.75, 3.05) is 46.1 Å². The molecule has 0 N–H and O–H groups in total. The fourth-order valence-corrected chi connectivity index (χ4v) is 4.86. The Balaban J connectivity index is 1.43. The van der Waals surface area contributed by atoms with Crippen molar-refractivity contribution in [3.05, 3.63) is 24.3 Å². The molecule has 1 atom stereocenters. The minimum absolute atomic E-state index is 0.0321. The van der Waals surface area contributed by atoms with E-state index in [4.69, 9.17) is 14.2 Å². The van der Waals surface area contributed by atoms with E-state index in [1.807, 2.05) is 13.8 Å². The molecule has 1 aromatic carbocycles. The van der Waals surface area contributed by atoms with Gasteiger partial charge in [-0.3, -0.25) is 9.59 Å². The molecule has 0 aliphatic carbocycles. The third kappa shape index (κ3) is 5.30. The lowest BCUT2D eigenvalue weighted by Crippen LogP contribution is -2.40. The van der Waals surface area contributed by atoms with E-state index < -0.39 is 21.9 Å². The number of sulfonamides is 1. The summed E-state index contributed by atoms with van der Waals surface area (Å²) in [5.41, 5.74) is 0. The molecule has 3 rings (SSSR count). The molecule has 30 heavy (non-hydrogen) atoms. The molecule has 0 bridgehead atoms. The third-order valence-electron chi connectivity index (χ3n) is 5.14. The lowest BCUT2D eigenvalue weighted by Gasteiger charge is -2.26. The third-order valence-corrected chi connectivity index (χ3v) is 7.06. The second kappa shape index (κ2) is 9.76. The van der Waals surface area contributed by atoms with Crippen molar-refractivity contribution in [2.24, 2.45) is 5.92 Å². The van der Waals surface area contributed by atoms with Crippen LogP contribution in [0.5, 0.6) is 5.75 Å². The molecule has 0 spiro atoms. The summed E-state index contributed by atoms with van der Waals surface area (Å²) in [6.07, 6.45) is 0.178. The summed E-state index contributed by atoms with van der Waals surface area (Å²) in [5, 5.41) is 0. The molecule has 2 heterocycles. The van der Waals surface area contributed by atoms with Crippen LogP contribution < -0.4 is 4.74 Å². The van der Waals surface area contributed by atoms with Crippen LogP contribution in [0.4, 0.5) is 0 Å².